The van der Waals surface area contributed by atoms with Crippen LogP contribution >= 0.6 is 23.1 Å². The first kappa shape index (κ1) is 19.9. The summed E-state index contributed by atoms with van der Waals surface area (Å²) < 4.78 is 6.76. The van der Waals surface area contributed by atoms with Gasteiger partial charge in [0.2, 0.25) is 5.16 Å². The number of anilines is 1. The molecule has 0 spiro atoms. The van der Waals surface area contributed by atoms with Gasteiger partial charge in [0.1, 0.15) is 15.9 Å². The Labute approximate surface area is 170 Å². The molecule has 0 saturated carbocycles. The molecule has 0 fully saturated rings. The lowest BCUT2D eigenvalue weighted by Crippen LogP contribution is -2.06. The number of nitriles is 1. The lowest BCUT2D eigenvalue weighted by Gasteiger charge is -2.10. The Morgan fingerprint density at radius 3 is 2.75 bits per heavy atom. The van der Waals surface area contributed by atoms with E-state index in [1.54, 1.807) is 11.6 Å². The van der Waals surface area contributed by atoms with Gasteiger partial charge < -0.3 is 10.5 Å². The smallest absolute Gasteiger partial charge is 0.348 e. The highest BCUT2D eigenvalue weighted by atomic mass is 32.2. The Hall–Kier alpha value is -2.90. The number of carbonyl (C=O) groups is 1. The molecule has 3 aromatic rings. The van der Waals surface area contributed by atoms with Crippen molar-refractivity contribution in [2.45, 2.75) is 31.7 Å². The Morgan fingerprint density at radius 2 is 2.11 bits per heavy atom. The summed E-state index contributed by atoms with van der Waals surface area (Å²) in [7, 11) is 0. The number of benzene rings is 1. The molecule has 0 aliphatic carbocycles. The summed E-state index contributed by atoms with van der Waals surface area (Å²) in [6.07, 6.45) is 0. The fourth-order valence-electron chi connectivity index (χ4n) is 2.79. The second-order valence-electron chi connectivity index (χ2n) is 5.88. The first-order chi connectivity index (χ1) is 13.5. The van der Waals surface area contributed by atoms with Crippen LogP contribution in [-0.2, 0) is 10.5 Å². The molecule has 8 nitrogen and oxygen atoms in total. The molecule has 1 aromatic carbocycles. The second-order valence-corrected chi connectivity index (χ2v) is 7.88. The molecule has 3 rings (SSSR count). The number of nitrogens with two attached hydrogens (primary N) is 1. The Morgan fingerprint density at radius 1 is 1.39 bits per heavy atom. The van der Waals surface area contributed by atoms with E-state index in [1.807, 2.05) is 32.0 Å². The van der Waals surface area contributed by atoms with Crippen molar-refractivity contribution in [2.75, 3.05) is 12.3 Å². The predicted octanol–water partition coefficient (Wildman–Crippen LogP) is 3.26. The van der Waals surface area contributed by atoms with Crippen LogP contribution in [-0.4, -0.2) is 32.8 Å². The zero-order chi connectivity index (χ0) is 20.3. The zero-order valence-electron chi connectivity index (χ0n) is 15.6. The molecule has 2 N–H and O–H groups in total. The number of tetrazole rings is 1. The SMILES string of the molecule is CCOC(=O)c1sc(N)c(C#N)c1CSc1nnnn1-c1c(C)cccc1C. The molecular weight excluding hydrogens is 396 g/mol. The van der Waals surface area contributed by atoms with E-state index < -0.39 is 5.97 Å². The van der Waals surface area contributed by atoms with E-state index >= 15 is 0 Å². The van der Waals surface area contributed by atoms with E-state index in [2.05, 4.69) is 21.6 Å². The predicted molar refractivity (Wildman–Crippen MR) is 108 cm³/mol. The number of ether oxygens (including phenoxy) is 1. The third kappa shape index (κ3) is 3.72. The molecule has 0 aliphatic heterocycles. The van der Waals surface area contributed by atoms with Crippen LogP contribution in [0.25, 0.3) is 5.69 Å². The van der Waals surface area contributed by atoms with Crippen molar-refractivity contribution in [3.05, 3.63) is 45.3 Å². The summed E-state index contributed by atoms with van der Waals surface area (Å²) in [5, 5.41) is 22.3. The van der Waals surface area contributed by atoms with Crippen molar-refractivity contribution in [2.24, 2.45) is 0 Å². The molecule has 0 aliphatic rings. The summed E-state index contributed by atoms with van der Waals surface area (Å²) in [6, 6.07) is 8.04. The number of aromatic nitrogens is 4. The van der Waals surface area contributed by atoms with E-state index in [1.165, 1.54) is 11.8 Å². The van der Waals surface area contributed by atoms with E-state index in [4.69, 9.17) is 10.5 Å². The zero-order valence-corrected chi connectivity index (χ0v) is 17.2. The fraction of sp³-hybridized carbons (Fsp3) is 0.278. The summed E-state index contributed by atoms with van der Waals surface area (Å²) in [6.45, 7) is 5.96. The van der Waals surface area contributed by atoms with Gasteiger partial charge in [0.05, 0.1) is 17.9 Å². The first-order valence-corrected chi connectivity index (χ1v) is 10.2. The van der Waals surface area contributed by atoms with Gasteiger partial charge in [-0.15, -0.1) is 16.4 Å². The average molecular weight is 415 g/mol. The van der Waals surface area contributed by atoms with Crippen LogP contribution in [0.2, 0.25) is 0 Å². The number of hydrogen-bond acceptors (Lipinski definition) is 9. The number of para-hydroxylation sites is 1. The largest absolute Gasteiger partial charge is 0.462 e. The van der Waals surface area contributed by atoms with Gasteiger partial charge in [-0.3, -0.25) is 0 Å². The van der Waals surface area contributed by atoms with Crippen LogP contribution in [0.5, 0.6) is 0 Å². The number of nitrogen functional groups attached to an aromatic ring is 1. The maximum Gasteiger partial charge on any atom is 0.348 e. The number of rotatable bonds is 6. The van der Waals surface area contributed by atoms with Crippen LogP contribution in [0.3, 0.4) is 0 Å². The van der Waals surface area contributed by atoms with E-state index in [0.29, 0.717) is 31.9 Å². The fourth-order valence-corrected chi connectivity index (χ4v) is 4.72. The van der Waals surface area contributed by atoms with Crippen molar-refractivity contribution in [1.29, 1.82) is 5.26 Å². The highest BCUT2D eigenvalue weighted by Gasteiger charge is 2.24. The van der Waals surface area contributed by atoms with Gasteiger partial charge in [0.15, 0.2) is 0 Å². The summed E-state index contributed by atoms with van der Waals surface area (Å²) in [4.78, 5) is 12.6. The van der Waals surface area contributed by atoms with Crippen LogP contribution in [0.1, 0.15) is 38.8 Å². The Balaban J connectivity index is 1.94. The first-order valence-electron chi connectivity index (χ1n) is 8.44. The molecule has 0 radical (unpaired) electrons. The van der Waals surface area contributed by atoms with Crippen molar-refractivity contribution in [3.63, 3.8) is 0 Å². The molecule has 10 heteroatoms. The number of esters is 1. The van der Waals surface area contributed by atoms with Crippen molar-refractivity contribution in [3.8, 4) is 11.8 Å². The molecule has 0 amide bonds. The van der Waals surface area contributed by atoms with E-state index in [0.717, 1.165) is 28.2 Å². The maximum atomic E-state index is 12.3. The van der Waals surface area contributed by atoms with Gasteiger partial charge >= 0.3 is 5.97 Å². The minimum atomic E-state index is -0.481. The Bertz CT molecular complexity index is 1050. The van der Waals surface area contributed by atoms with Gasteiger partial charge in [-0.1, -0.05) is 30.0 Å². The molecular formula is C18H18N6O2S2. The van der Waals surface area contributed by atoms with Crippen LogP contribution in [0.15, 0.2) is 23.4 Å². The van der Waals surface area contributed by atoms with Crippen molar-refractivity contribution < 1.29 is 9.53 Å². The van der Waals surface area contributed by atoms with Gasteiger partial charge in [-0.05, 0) is 42.3 Å². The highest BCUT2D eigenvalue weighted by molar-refractivity contribution is 7.98. The van der Waals surface area contributed by atoms with E-state index in [-0.39, 0.29) is 6.61 Å². The third-order valence-corrected chi connectivity index (χ3v) is 6.03. The number of thioether (sulfide) groups is 1. The number of carbonyl (C=O) groups excluding carboxylic acids is 1. The van der Waals surface area contributed by atoms with Gasteiger partial charge in [0, 0.05) is 11.3 Å². The molecule has 0 atom stereocenters. The molecule has 144 valence electrons. The quantitative estimate of drug-likeness (QED) is 0.482. The third-order valence-electron chi connectivity index (χ3n) is 4.04. The number of nitrogens with zero attached hydrogens (tertiary/aromatic N) is 5. The van der Waals surface area contributed by atoms with Crippen molar-refractivity contribution in [1.82, 2.24) is 20.2 Å². The Kier molecular flexibility index (Phi) is 5.96. The minimum absolute atomic E-state index is 0.246. The number of hydrogen-bond donors (Lipinski definition) is 1. The van der Waals surface area contributed by atoms with Gasteiger partial charge in [0.25, 0.3) is 0 Å². The lowest BCUT2D eigenvalue weighted by molar-refractivity contribution is 0.0531. The van der Waals surface area contributed by atoms with Crippen LogP contribution in [0, 0.1) is 25.2 Å². The normalized spacial score (nSPS) is 10.6. The standard InChI is InChI=1S/C18H18N6O2S2/c1-4-26-17(25)15-13(12(8-19)16(20)28-15)9-27-18-21-22-23-24(18)14-10(2)6-5-7-11(14)3/h5-7H,4,9,20H2,1-3H3. The molecule has 2 aromatic heterocycles. The molecule has 28 heavy (non-hydrogen) atoms. The van der Waals surface area contributed by atoms with Gasteiger partial charge in [-0.25, -0.2) is 4.79 Å². The summed E-state index contributed by atoms with van der Waals surface area (Å²) in [5.74, 6) is -0.165. The maximum absolute atomic E-state index is 12.3. The van der Waals surface area contributed by atoms with Gasteiger partial charge in [-0.2, -0.15) is 9.94 Å². The highest BCUT2D eigenvalue weighted by Crippen LogP contribution is 2.35. The monoisotopic (exact) mass is 414 g/mol. The minimum Gasteiger partial charge on any atom is -0.462 e. The average Bonchev–Trinajstić information content (AvgIpc) is 3.24. The summed E-state index contributed by atoms with van der Waals surface area (Å²) in [5.41, 5.74) is 9.76. The second kappa shape index (κ2) is 8.41. The topological polar surface area (TPSA) is 120 Å². The molecule has 0 saturated heterocycles. The molecule has 2 heterocycles. The van der Waals surface area contributed by atoms with Crippen LogP contribution in [0.4, 0.5) is 5.00 Å². The van der Waals surface area contributed by atoms with Crippen molar-refractivity contribution >= 4 is 34.1 Å². The van der Waals surface area contributed by atoms with E-state index in [9.17, 15) is 10.1 Å². The summed E-state index contributed by atoms with van der Waals surface area (Å²) >= 11 is 2.40. The van der Waals surface area contributed by atoms with Crippen LogP contribution < -0.4 is 5.73 Å². The molecule has 0 bridgehead atoms. The lowest BCUT2D eigenvalue weighted by atomic mass is 10.1. The number of thiophene rings is 1. The number of aryl methyl sites for hydroxylation is 2. The molecule has 0 unspecified atom stereocenters.